The number of amides is 2. The third-order valence-electron chi connectivity index (χ3n) is 3.01. The Balaban J connectivity index is 1.62. The van der Waals surface area contributed by atoms with E-state index in [9.17, 15) is 9.59 Å². The van der Waals surface area contributed by atoms with Gasteiger partial charge in [0.25, 0.3) is 5.91 Å². The van der Waals surface area contributed by atoms with Gasteiger partial charge in [0.05, 0.1) is 6.61 Å². The van der Waals surface area contributed by atoms with Gasteiger partial charge in [-0.15, -0.1) is 0 Å². The molecule has 23 heavy (non-hydrogen) atoms. The Morgan fingerprint density at radius 1 is 1.00 bits per heavy atom. The molecule has 6 heteroatoms. The molecular weight excluding hydrogens is 360 g/mol. The summed E-state index contributed by atoms with van der Waals surface area (Å²) in [5.74, 6) is -0.493. The summed E-state index contributed by atoms with van der Waals surface area (Å²) in [7, 11) is 0. The molecule has 2 amide bonds. The van der Waals surface area contributed by atoms with Crippen LogP contribution in [0.4, 0.5) is 0 Å². The van der Waals surface area contributed by atoms with Gasteiger partial charge in [-0.25, -0.2) is 5.48 Å². The fourth-order valence-electron chi connectivity index (χ4n) is 1.82. The van der Waals surface area contributed by atoms with Crippen molar-refractivity contribution in [2.75, 3.05) is 6.54 Å². The molecule has 0 saturated carbocycles. The van der Waals surface area contributed by atoms with Gasteiger partial charge in [0.15, 0.2) is 0 Å². The first-order valence-corrected chi connectivity index (χ1v) is 7.93. The molecule has 0 spiro atoms. The van der Waals surface area contributed by atoms with Crippen molar-refractivity contribution >= 4 is 27.7 Å². The van der Waals surface area contributed by atoms with Crippen LogP contribution in [0.5, 0.6) is 0 Å². The maximum atomic E-state index is 11.8. The Hall–Kier alpha value is -2.18. The number of hydrogen-bond acceptors (Lipinski definition) is 3. The number of hydrogen-bond donors (Lipinski definition) is 2. The second-order valence-corrected chi connectivity index (χ2v) is 5.73. The van der Waals surface area contributed by atoms with E-state index in [4.69, 9.17) is 4.84 Å². The molecule has 0 fully saturated rings. The molecule has 2 N–H and O–H groups in total. The highest BCUT2D eigenvalue weighted by Crippen LogP contribution is 2.10. The number of rotatable bonds is 7. The summed E-state index contributed by atoms with van der Waals surface area (Å²) in [4.78, 5) is 28.6. The normalized spacial score (nSPS) is 10.1. The first kappa shape index (κ1) is 17.2. The Kier molecular flexibility index (Phi) is 6.77. The lowest BCUT2D eigenvalue weighted by atomic mass is 10.2. The van der Waals surface area contributed by atoms with E-state index in [0.717, 1.165) is 10.0 Å². The molecule has 0 heterocycles. The van der Waals surface area contributed by atoms with Gasteiger partial charge in [-0.2, -0.15) is 0 Å². The van der Waals surface area contributed by atoms with E-state index in [-0.39, 0.29) is 24.8 Å². The lowest BCUT2D eigenvalue weighted by molar-refractivity contribution is -0.134. The lowest BCUT2D eigenvalue weighted by Gasteiger charge is -2.07. The SMILES string of the molecule is O=C(CCNC(=O)c1ccc(Br)cc1)NOCc1ccccc1. The number of carbonyl (C=O) groups is 2. The summed E-state index contributed by atoms with van der Waals surface area (Å²) in [6.45, 7) is 0.549. The first-order valence-electron chi connectivity index (χ1n) is 7.13. The molecule has 0 saturated heterocycles. The average Bonchev–Trinajstić information content (AvgIpc) is 2.56. The van der Waals surface area contributed by atoms with Crippen molar-refractivity contribution in [1.29, 1.82) is 0 Å². The van der Waals surface area contributed by atoms with E-state index < -0.39 is 0 Å². The maximum absolute atomic E-state index is 11.8. The Bertz CT molecular complexity index is 645. The van der Waals surface area contributed by atoms with Crippen LogP contribution in [0.15, 0.2) is 59.1 Å². The van der Waals surface area contributed by atoms with Crippen LogP contribution in [0.25, 0.3) is 0 Å². The highest BCUT2D eigenvalue weighted by molar-refractivity contribution is 9.10. The standard InChI is InChI=1S/C17H17BrN2O3/c18-15-8-6-14(7-9-15)17(22)19-11-10-16(21)20-23-12-13-4-2-1-3-5-13/h1-9H,10-12H2,(H,19,22)(H,20,21). The Morgan fingerprint density at radius 3 is 2.39 bits per heavy atom. The summed E-state index contributed by atoms with van der Waals surface area (Å²) >= 11 is 3.31. The fourth-order valence-corrected chi connectivity index (χ4v) is 2.08. The molecule has 120 valence electrons. The number of hydroxylamine groups is 1. The smallest absolute Gasteiger partial charge is 0.251 e. The van der Waals surface area contributed by atoms with Crippen molar-refractivity contribution in [3.05, 3.63) is 70.2 Å². The lowest BCUT2D eigenvalue weighted by Crippen LogP contribution is -2.30. The molecule has 0 aliphatic rings. The predicted octanol–water partition coefficient (Wildman–Crippen LogP) is 2.82. The van der Waals surface area contributed by atoms with Gasteiger partial charge in [0.1, 0.15) is 0 Å². The zero-order chi connectivity index (χ0) is 16.5. The van der Waals surface area contributed by atoms with Crippen LogP contribution in [-0.2, 0) is 16.2 Å². The minimum absolute atomic E-state index is 0.150. The zero-order valence-corrected chi connectivity index (χ0v) is 14.0. The fraction of sp³-hybridized carbons (Fsp3) is 0.176. The molecule has 2 rings (SSSR count). The van der Waals surface area contributed by atoms with Gasteiger partial charge in [0.2, 0.25) is 5.91 Å². The van der Waals surface area contributed by atoms with Gasteiger partial charge in [-0.1, -0.05) is 46.3 Å². The number of carbonyl (C=O) groups excluding carboxylic acids is 2. The molecular formula is C17H17BrN2O3. The van der Waals surface area contributed by atoms with E-state index >= 15 is 0 Å². The summed E-state index contributed by atoms with van der Waals surface area (Å²) in [5.41, 5.74) is 3.87. The van der Waals surface area contributed by atoms with Crippen LogP contribution in [0.1, 0.15) is 22.3 Å². The number of halogens is 1. The van der Waals surface area contributed by atoms with Crippen LogP contribution in [0.2, 0.25) is 0 Å². The van der Waals surface area contributed by atoms with Crippen molar-refractivity contribution in [3.63, 3.8) is 0 Å². The van der Waals surface area contributed by atoms with Gasteiger partial charge in [-0.3, -0.25) is 14.4 Å². The second-order valence-electron chi connectivity index (χ2n) is 4.81. The third-order valence-corrected chi connectivity index (χ3v) is 3.54. The third kappa shape index (κ3) is 6.22. The van der Waals surface area contributed by atoms with Gasteiger partial charge >= 0.3 is 0 Å². The molecule has 0 unspecified atom stereocenters. The number of benzene rings is 2. The monoisotopic (exact) mass is 376 g/mol. The van der Waals surface area contributed by atoms with Crippen molar-refractivity contribution in [2.45, 2.75) is 13.0 Å². The van der Waals surface area contributed by atoms with Crippen molar-refractivity contribution in [2.24, 2.45) is 0 Å². The van der Waals surface area contributed by atoms with Crippen LogP contribution in [0, 0.1) is 0 Å². The molecule has 0 aliphatic heterocycles. The quantitative estimate of drug-likeness (QED) is 0.730. The van der Waals surface area contributed by atoms with Crippen molar-refractivity contribution in [1.82, 2.24) is 10.8 Å². The van der Waals surface area contributed by atoms with E-state index in [0.29, 0.717) is 12.2 Å². The van der Waals surface area contributed by atoms with E-state index in [1.54, 1.807) is 24.3 Å². The highest BCUT2D eigenvalue weighted by atomic mass is 79.9. The van der Waals surface area contributed by atoms with E-state index in [1.165, 1.54) is 0 Å². The Labute approximate surface area is 143 Å². The molecule has 0 aromatic heterocycles. The first-order chi connectivity index (χ1) is 11.1. The second kappa shape index (κ2) is 9.07. The Morgan fingerprint density at radius 2 is 1.70 bits per heavy atom. The average molecular weight is 377 g/mol. The summed E-state index contributed by atoms with van der Waals surface area (Å²) in [6.07, 6.45) is 0.150. The molecule has 0 atom stereocenters. The predicted molar refractivity (Wildman–Crippen MR) is 90.5 cm³/mol. The molecule has 2 aromatic carbocycles. The summed E-state index contributed by atoms with van der Waals surface area (Å²) < 4.78 is 0.906. The van der Waals surface area contributed by atoms with E-state index in [2.05, 4.69) is 26.7 Å². The number of nitrogens with one attached hydrogen (secondary N) is 2. The zero-order valence-electron chi connectivity index (χ0n) is 12.4. The van der Waals surface area contributed by atoms with Gasteiger partial charge in [0, 0.05) is 23.0 Å². The molecule has 5 nitrogen and oxygen atoms in total. The molecule has 0 bridgehead atoms. The van der Waals surface area contributed by atoms with Crippen LogP contribution in [-0.4, -0.2) is 18.4 Å². The maximum Gasteiger partial charge on any atom is 0.251 e. The van der Waals surface area contributed by atoms with Crippen molar-refractivity contribution in [3.8, 4) is 0 Å². The topological polar surface area (TPSA) is 67.4 Å². The summed E-state index contributed by atoms with van der Waals surface area (Å²) in [5, 5.41) is 2.69. The summed E-state index contributed by atoms with van der Waals surface area (Å²) in [6, 6.07) is 16.5. The van der Waals surface area contributed by atoms with Gasteiger partial charge < -0.3 is 5.32 Å². The van der Waals surface area contributed by atoms with E-state index in [1.807, 2.05) is 30.3 Å². The van der Waals surface area contributed by atoms with Crippen LogP contribution < -0.4 is 10.8 Å². The highest BCUT2D eigenvalue weighted by Gasteiger charge is 2.06. The molecule has 0 aliphatic carbocycles. The minimum atomic E-state index is -0.281. The largest absolute Gasteiger partial charge is 0.352 e. The minimum Gasteiger partial charge on any atom is -0.352 e. The van der Waals surface area contributed by atoms with Gasteiger partial charge in [-0.05, 0) is 29.8 Å². The van der Waals surface area contributed by atoms with Crippen LogP contribution >= 0.6 is 15.9 Å². The van der Waals surface area contributed by atoms with Crippen LogP contribution in [0.3, 0.4) is 0 Å². The molecule has 0 radical (unpaired) electrons. The molecule has 2 aromatic rings. The van der Waals surface area contributed by atoms with Crippen molar-refractivity contribution < 1.29 is 14.4 Å².